The minimum absolute atomic E-state index is 0.510. The average molecular weight is 346 g/mol. The molecule has 2 atom stereocenters. The summed E-state index contributed by atoms with van der Waals surface area (Å²) in [6.45, 7) is 5.35. The number of aliphatic imine (C=N–C) groups is 1. The highest BCUT2D eigenvalue weighted by atomic mass is 32.1. The fraction of sp³-hybridized carbons (Fsp3) is 0.556. The van der Waals surface area contributed by atoms with E-state index in [1.54, 1.807) is 0 Å². The highest BCUT2D eigenvalue weighted by molar-refractivity contribution is 7.10. The maximum absolute atomic E-state index is 4.49. The van der Waals surface area contributed by atoms with Gasteiger partial charge in [-0.25, -0.2) is 0 Å². The van der Waals surface area contributed by atoms with Crippen molar-refractivity contribution in [2.45, 2.75) is 25.7 Å². The van der Waals surface area contributed by atoms with Crippen LogP contribution in [-0.2, 0) is 13.5 Å². The third-order valence-corrected chi connectivity index (χ3v) is 5.78. The lowest BCUT2D eigenvalue weighted by molar-refractivity contribution is 0.458. The molecule has 1 saturated heterocycles. The number of nitrogens with one attached hydrogen (secondary N) is 1. The Hall–Kier alpha value is -1.82. The number of thiophene rings is 1. The molecule has 2 unspecified atom stereocenters. The normalized spacial score (nSPS) is 19.7. The van der Waals surface area contributed by atoms with Crippen LogP contribution in [0.15, 0.2) is 34.9 Å². The third-order valence-electron chi connectivity index (χ3n) is 4.68. The standard InChI is InChI=1S/C18H27N5S/c1-14(17-5-4-8-24-17)10-20-18(19-2)23-7-6-15(13-23)9-16-11-21-22(3)12-16/h4-5,8,11-12,14-15H,6-7,9-10,13H2,1-3H3,(H,19,20). The molecule has 24 heavy (non-hydrogen) atoms. The number of rotatable bonds is 5. The Bertz CT molecular complexity index is 661. The summed E-state index contributed by atoms with van der Waals surface area (Å²) < 4.78 is 1.88. The summed E-state index contributed by atoms with van der Waals surface area (Å²) in [4.78, 5) is 8.30. The molecule has 5 nitrogen and oxygen atoms in total. The second kappa shape index (κ2) is 7.83. The van der Waals surface area contributed by atoms with Gasteiger partial charge in [0.1, 0.15) is 0 Å². The molecule has 1 fully saturated rings. The molecule has 0 aromatic carbocycles. The maximum atomic E-state index is 4.49. The SMILES string of the molecule is CN=C(NCC(C)c1cccs1)N1CCC(Cc2cnn(C)c2)C1. The molecule has 3 heterocycles. The first-order valence-electron chi connectivity index (χ1n) is 8.62. The zero-order chi connectivity index (χ0) is 16.9. The molecule has 1 aliphatic rings. The highest BCUT2D eigenvalue weighted by Gasteiger charge is 2.25. The summed E-state index contributed by atoms with van der Waals surface area (Å²) in [7, 11) is 3.86. The zero-order valence-corrected chi connectivity index (χ0v) is 15.6. The van der Waals surface area contributed by atoms with Crippen LogP contribution in [0.4, 0.5) is 0 Å². The number of likely N-dealkylation sites (tertiary alicyclic amines) is 1. The van der Waals surface area contributed by atoms with Crippen LogP contribution in [0.1, 0.15) is 29.7 Å². The van der Waals surface area contributed by atoms with Crippen LogP contribution in [-0.4, -0.2) is 47.3 Å². The Morgan fingerprint density at radius 3 is 3.08 bits per heavy atom. The van der Waals surface area contributed by atoms with Gasteiger partial charge in [0.2, 0.25) is 0 Å². The summed E-state index contributed by atoms with van der Waals surface area (Å²) in [5, 5.41) is 9.97. The Labute approximate surface area is 148 Å². The largest absolute Gasteiger partial charge is 0.356 e. The Morgan fingerprint density at radius 2 is 2.42 bits per heavy atom. The maximum Gasteiger partial charge on any atom is 0.193 e. The molecule has 3 rings (SSSR count). The van der Waals surface area contributed by atoms with Crippen molar-refractivity contribution in [3.05, 3.63) is 40.3 Å². The number of nitrogens with zero attached hydrogens (tertiary/aromatic N) is 4. The van der Waals surface area contributed by atoms with E-state index >= 15 is 0 Å². The molecule has 0 spiro atoms. The number of aromatic nitrogens is 2. The van der Waals surface area contributed by atoms with Gasteiger partial charge in [0.25, 0.3) is 0 Å². The lowest BCUT2D eigenvalue weighted by Crippen LogP contribution is -2.41. The molecule has 0 bridgehead atoms. The van der Waals surface area contributed by atoms with Crippen LogP contribution in [0.5, 0.6) is 0 Å². The van der Waals surface area contributed by atoms with Gasteiger partial charge in [-0.15, -0.1) is 11.3 Å². The first-order valence-corrected chi connectivity index (χ1v) is 9.50. The molecule has 0 amide bonds. The third kappa shape index (κ3) is 4.17. The van der Waals surface area contributed by atoms with Crippen molar-refractivity contribution >= 4 is 17.3 Å². The van der Waals surface area contributed by atoms with E-state index in [-0.39, 0.29) is 0 Å². The topological polar surface area (TPSA) is 45.5 Å². The first-order chi connectivity index (χ1) is 11.7. The highest BCUT2D eigenvalue weighted by Crippen LogP contribution is 2.22. The van der Waals surface area contributed by atoms with Crippen LogP contribution in [0.3, 0.4) is 0 Å². The molecular formula is C18H27N5S. The van der Waals surface area contributed by atoms with Crippen molar-refractivity contribution in [1.29, 1.82) is 0 Å². The van der Waals surface area contributed by atoms with E-state index in [1.165, 1.54) is 16.9 Å². The summed E-state index contributed by atoms with van der Waals surface area (Å²) in [6.07, 6.45) is 6.43. The van der Waals surface area contributed by atoms with E-state index in [0.29, 0.717) is 11.8 Å². The summed E-state index contributed by atoms with van der Waals surface area (Å²) in [5.74, 6) is 2.23. The smallest absolute Gasteiger partial charge is 0.193 e. The fourth-order valence-corrected chi connectivity index (χ4v) is 4.14. The predicted molar refractivity (Wildman–Crippen MR) is 101 cm³/mol. The molecular weight excluding hydrogens is 318 g/mol. The molecule has 2 aromatic rings. The van der Waals surface area contributed by atoms with E-state index in [1.807, 2.05) is 36.3 Å². The second-order valence-electron chi connectivity index (χ2n) is 6.67. The minimum Gasteiger partial charge on any atom is -0.356 e. The Balaban J connectivity index is 1.49. The molecule has 1 N–H and O–H groups in total. The van der Waals surface area contributed by atoms with Gasteiger partial charge in [0, 0.05) is 50.7 Å². The van der Waals surface area contributed by atoms with E-state index in [2.05, 4.69) is 50.9 Å². The molecule has 2 aromatic heterocycles. The number of hydrogen-bond donors (Lipinski definition) is 1. The lowest BCUT2D eigenvalue weighted by Gasteiger charge is -2.23. The van der Waals surface area contributed by atoms with Crippen LogP contribution >= 0.6 is 11.3 Å². The van der Waals surface area contributed by atoms with Crippen molar-refractivity contribution in [2.75, 3.05) is 26.7 Å². The van der Waals surface area contributed by atoms with Gasteiger partial charge >= 0.3 is 0 Å². The molecule has 0 saturated carbocycles. The number of hydrogen-bond acceptors (Lipinski definition) is 3. The Morgan fingerprint density at radius 1 is 1.54 bits per heavy atom. The van der Waals surface area contributed by atoms with E-state index < -0.39 is 0 Å². The van der Waals surface area contributed by atoms with E-state index in [0.717, 1.165) is 32.0 Å². The molecule has 6 heteroatoms. The van der Waals surface area contributed by atoms with Crippen LogP contribution in [0.2, 0.25) is 0 Å². The fourth-order valence-electron chi connectivity index (χ4n) is 3.35. The van der Waals surface area contributed by atoms with Crippen molar-refractivity contribution in [3.63, 3.8) is 0 Å². The predicted octanol–water partition coefficient (Wildman–Crippen LogP) is 2.73. The summed E-state index contributed by atoms with van der Waals surface area (Å²) >= 11 is 1.82. The summed E-state index contributed by atoms with van der Waals surface area (Å²) in [6, 6.07) is 4.33. The van der Waals surface area contributed by atoms with E-state index in [9.17, 15) is 0 Å². The van der Waals surface area contributed by atoms with Crippen molar-refractivity contribution in [3.8, 4) is 0 Å². The van der Waals surface area contributed by atoms with Gasteiger partial charge < -0.3 is 10.2 Å². The van der Waals surface area contributed by atoms with Crippen LogP contribution < -0.4 is 5.32 Å². The van der Waals surface area contributed by atoms with Crippen LogP contribution in [0, 0.1) is 5.92 Å². The van der Waals surface area contributed by atoms with Gasteiger partial charge in [-0.2, -0.15) is 5.10 Å². The molecule has 130 valence electrons. The lowest BCUT2D eigenvalue weighted by atomic mass is 10.0. The van der Waals surface area contributed by atoms with Crippen molar-refractivity contribution in [2.24, 2.45) is 18.0 Å². The van der Waals surface area contributed by atoms with Gasteiger partial charge in [-0.1, -0.05) is 13.0 Å². The second-order valence-corrected chi connectivity index (χ2v) is 7.65. The van der Waals surface area contributed by atoms with Gasteiger partial charge in [0.15, 0.2) is 5.96 Å². The van der Waals surface area contributed by atoms with Crippen LogP contribution in [0.25, 0.3) is 0 Å². The monoisotopic (exact) mass is 345 g/mol. The van der Waals surface area contributed by atoms with Crippen molar-refractivity contribution < 1.29 is 0 Å². The zero-order valence-electron chi connectivity index (χ0n) is 14.8. The molecule has 0 aliphatic carbocycles. The van der Waals surface area contributed by atoms with Crippen molar-refractivity contribution in [1.82, 2.24) is 20.0 Å². The van der Waals surface area contributed by atoms with Gasteiger partial charge in [-0.05, 0) is 35.8 Å². The molecule has 0 radical (unpaired) electrons. The minimum atomic E-state index is 0.510. The van der Waals surface area contributed by atoms with Gasteiger partial charge in [-0.3, -0.25) is 9.67 Å². The summed E-state index contributed by atoms with van der Waals surface area (Å²) in [5.41, 5.74) is 1.33. The number of aryl methyl sites for hydroxylation is 1. The number of guanidine groups is 1. The first kappa shape index (κ1) is 17.0. The quantitative estimate of drug-likeness (QED) is 0.669. The Kier molecular flexibility index (Phi) is 5.56. The molecule has 1 aliphatic heterocycles. The average Bonchev–Trinajstić information content (AvgIpc) is 3.31. The van der Waals surface area contributed by atoms with Gasteiger partial charge in [0.05, 0.1) is 6.20 Å². The van der Waals surface area contributed by atoms with E-state index in [4.69, 9.17) is 0 Å².